The summed E-state index contributed by atoms with van der Waals surface area (Å²) < 4.78 is 1.30. The van der Waals surface area contributed by atoms with Gasteiger partial charge in [0.2, 0.25) is 5.16 Å². The minimum absolute atomic E-state index is 0.185. The van der Waals surface area contributed by atoms with E-state index in [1.807, 2.05) is 0 Å². The maximum Gasteiger partial charge on any atom is 0.325 e. The molecule has 1 atom stereocenters. The van der Waals surface area contributed by atoms with Gasteiger partial charge in [-0.2, -0.15) is 0 Å². The Kier molecular flexibility index (Phi) is 4.54. The van der Waals surface area contributed by atoms with Crippen LogP contribution in [0.5, 0.6) is 0 Å². The zero-order valence-corrected chi connectivity index (χ0v) is 9.57. The van der Waals surface area contributed by atoms with Crippen LogP contribution in [0.15, 0.2) is 5.16 Å². The number of carboxylic acid groups (broad SMARTS) is 1. The van der Waals surface area contributed by atoms with Gasteiger partial charge in [-0.3, -0.25) is 4.79 Å². The highest BCUT2D eigenvalue weighted by molar-refractivity contribution is 7.99. The monoisotopic (exact) mass is 230 g/mol. The maximum absolute atomic E-state index is 10.5. The predicted octanol–water partition coefficient (Wildman–Crippen LogP) is 0.896. The van der Waals surface area contributed by atoms with Crippen molar-refractivity contribution in [1.82, 2.24) is 20.2 Å². The Morgan fingerprint density at radius 2 is 2.40 bits per heavy atom. The molecule has 15 heavy (non-hydrogen) atoms. The Bertz CT molecular complexity index is 328. The van der Waals surface area contributed by atoms with E-state index in [1.165, 1.54) is 16.4 Å². The molecule has 7 heteroatoms. The second-order valence-electron chi connectivity index (χ2n) is 3.34. The van der Waals surface area contributed by atoms with Gasteiger partial charge in [0.1, 0.15) is 6.54 Å². The zero-order valence-electron chi connectivity index (χ0n) is 8.75. The summed E-state index contributed by atoms with van der Waals surface area (Å²) in [5, 5.41) is 20.0. The molecule has 6 nitrogen and oxygen atoms in total. The van der Waals surface area contributed by atoms with E-state index in [1.54, 1.807) is 0 Å². The van der Waals surface area contributed by atoms with E-state index >= 15 is 0 Å². The van der Waals surface area contributed by atoms with Crippen LogP contribution in [0.25, 0.3) is 0 Å². The number of carbonyl (C=O) groups is 1. The van der Waals surface area contributed by atoms with Gasteiger partial charge in [0.05, 0.1) is 0 Å². The van der Waals surface area contributed by atoms with Gasteiger partial charge in [-0.25, -0.2) is 4.68 Å². The molecule has 0 fully saturated rings. The highest BCUT2D eigenvalue weighted by atomic mass is 32.2. The van der Waals surface area contributed by atoms with Crippen LogP contribution in [0.2, 0.25) is 0 Å². The number of rotatable bonds is 6. The lowest BCUT2D eigenvalue weighted by molar-refractivity contribution is -0.138. The number of nitrogens with zero attached hydrogens (tertiary/aromatic N) is 4. The van der Waals surface area contributed by atoms with E-state index in [0.29, 0.717) is 11.1 Å². The first-order chi connectivity index (χ1) is 7.13. The Morgan fingerprint density at radius 1 is 1.67 bits per heavy atom. The summed E-state index contributed by atoms with van der Waals surface area (Å²) in [6.07, 6.45) is 1.09. The number of carboxylic acids is 1. The molecular formula is C8H14N4O2S. The molecule has 1 unspecified atom stereocenters. The van der Waals surface area contributed by atoms with Gasteiger partial charge in [0, 0.05) is 5.75 Å². The summed E-state index contributed by atoms with van der Waals surface area (Å²) in [6, 6.07) is 0. The van der Waals surface area contributed by atoms with Crippen LogP contribution in [-0.2, 0) is 11.3 Å². The van der Waals surface area contributed by atoms with Crippen LogP contribution in [0.4, 0.5) is 0 Å². The molecule has 0 aliphatic rings. The van der Waals surface area contributed by atoms with Crippen LogP contribution < -0.4 is 0 Å². The molecule has 1 N–H and O–H groups in total. The number of tetrazole rings is 1. The first-order valence-electron chi connectivity index (χ1n) is 4.74. The quantitative estimate of drug-likeness (QED) is 0.731. The molecule has 1 rings (SSSR count). The smallest absolute Gasteiger partial charge is 0.325 e. The number of aromatic nitrogens is 4. The van der Waals surface area contributed by atoms with Crippen molar-refractivity contribution in [3.63, 3.8) is 0 Å². The summed E-state index contributed by atoms with van der Waals surface area (Å²) in [5.74, 6) is 0.536. The van der Waals surface area contributed by atoms with Crippen LogP contribution in [-0.4, -0.2) is 37.0 Å². The molecule has 0 aliphatic heterocycles. The molecule has 1 heterocycles. The van der Waals surface area contributed by atoms with Gasteiger partial charge in [-0.1, -0.05) is 32.0 Å². The van der Waals surface area contributed by atoms with E-state index in [9.17, 15) is 4.79 Å². The van der Waals surface area contributed by atoms with Crippen LogP contribution in [0, 0.1) is 5.92 Å². The third-order valence-corrected chi connectivity index (χ3v) is 3.26. The minimum Gasteiger partial charge on any atom is -0.480 e. The lowest BCUT2D eigenvalue weighted by Gasteiger charge is -2.06. The van der Waals surface area contributed by atoms with Crippen molar-refractivity contribution in [3.05, 3.63) is 0 Å². The average Bonchev–Trinajstić information content (AvgIpc) is 2.61. The van der Waals surface area contributed by atoms with Gasteiger partial charge in [-0.15, -0.1) is 5.10 Å². The van der Waals surface area contributed by atoms with Crippen LogP contribution in [0.1, 0.15) is 20.3 Å². The molecule has 84 valence electrons. The largest absolute Gasteiger partial charge is 0.480 e. The molecule has 1 aromatic heterocycles. The predicted molar refractivity (Wildman–Crippen MR) is 55.6 cm³/mol. The van der Waals surface area contributed by atoms with Gasteiger partial charge < -0.3 is 5.11 Å². The standard InChI is InChI=1S/C8H14N4O2S/c1-3-6(2)5-15-8-9-10-11-12(8)4-7(13)14/h6H,3-5H2,1-2H3,(H,13,14). The highest BCUT2D eigenvalue weighted by Gasteiger charge is 2.10. The van der Waals surface area contributed by atoms with Crippen molar-refractivity contribution in [2.24, 2.45) is 5.92 Å². The normalized spacial score (nSPS) is 12.7. The average molecular weight is 230 g/mol. The Hall–Kier alpha value is -1.11. The fourth-order valence-electron chi connectivity index (χ4n) is 0.862. The first kappa shape index (κ1) is 12.0. The van der Waals surface area contributed by atoms with Crippen molar-refractivity contribution in [3.8, 4) is 0 Å². The molecule has 0 saturated carbocycles. The first-order valence-corrected chi connectivity index (χ1v) is 5.72. The number of aliphatic carboxylic acids is 1. The van der Waals surface area contributed by atoms with Crippen molar-refractivity contribution < 1.29 is 9.90 Å². The van der Waals surface area contributed by atoms with E-state index in [-0.39, 0.29) is 6.54 Å². The van der Waals surface area contributed by atoms with Crippen molar-refractivity contribution in [2.45, 2.75) is 32.0 Å². The van der Waals surface area contributed by atoms with E-state index in [0.717, 1.165) is 12.2 Å². The highest BCUT2D eigenvalue weighted by Crippen LogP contribution is 2.18. The van der Waals surface area contributed by atoms with Crippen molar-refractivity contribution in [2.75, 3.05) is 5.75 Å². The third-order valence-electron chi connectivity index (χ3n) is 1.98. The second kappa shape index (κ2) is 5.69. The third kappa shape index (κ3) is 3.86. The molecule has 0 aromatic carbocycles. The van der Waals surface area contributed by atoms with Crippen LogP contribution in [0.3, 0.4) is 0 Å². The number of hydrogen-bond donors (Lipinski definition) is 1. The lowest BCUT2D eigenvalue weighted by atomic mass is 10.2. The molecule has 0 amide bonds. The SMILES string of the molecule is CCC(C)CSc1nnnn1CC(=O)O. The number of thioether (sulfide) groups is 1. The van der Waals surface area contributed by atoms with E-state index in [4.69, 9.17) is 5.11 Å². The van der Waals surface area contributed by atoms with Gasteiger partial charge in [0.25, 0.3) is 0 Å². The van der Waals surface area contributed by atoms with Gasteiger partial charge in [0.15, 0.2) is 0 Å². The molecule has 0 aliphatic carbocycles. The molecule has 0 saturated heterocycles. The summed E-state index contributed by atoms with van der Waals surface area (Å²) in [5.41, 5.74) is 0. The van der Waals surface area contributed by atoms with Crippen LogP contribution >= 0.6 is 11.8 Å². The maximum atomic E-state index is 10.5. The van der Waals surface area contributed by atoms with Crippen molar-refractivity contribution >= 4 is 17.7 Å². The molecule has 0 spiro atoms. The summed E-state index contributed by atoms with van der Waals surface area (Å²) >= 11 is 1.49. The molecule has 0 bridgehead atoms. The fourth-order valence-corrected chi connectivity index (χ4v) is 1.88. The minimum atomic E-state index is -0.937. The molecule has 0 radical (unpaired) electrons. The topological polar surface area (TPSA) is 80.9 Å². The number of hydrogen-bond acceptors (Lipinski definition) is 5. The molecule has 1 aromatic rings. The second-order valence-corrected chi connectivity index (χ2v) is 4.32. The van der Waals surface area contributed by atoms with E-state index in [2.05, 4.69) is 29.4 Å². The Labute approximate surface area is 92.0 Å². The lowest BCUT2D eigenvalue weighted by Crippen LogP contribution is -2.11. The molecular weight excluding hydrogens is 216 g/mol. The summed E-state index contributed by atoms with van der Waals surface area (Å²) in [7, 11) is 0. The zero-order chi connectivity index (χ0) is 11.3. The van der Waals surface area contributed by atoms with E-state index < -0.39 is 5.97 Å². The fraction of sp³-hybridized carbons (Fsp3) is 0.750. The Morgan fingerprint density at radius 3 is 3.00 bits per heavy atom. The van der Waals surface area contributed by atoms with Gasteiger partial charge in [-0.05, 0) is 16.3 Å². The summed E-state index contributed by atoms with van der Waals surface area (Å²) in [6.45, 7) is 4.07. The van der Waals surface area contributed by atoms with Crippen molar-refractivity contribution in [1.29, 1.82) is 0 Å². The summed E-state index contributed by atoms with van der Waals surface area (Å²) in [4.78, 5) is 10.5. The Balaban J connectivity index is 2.53. The van der Waals surface area contributed by atoms with Gasteiger partial charge >= 0.3 is 5.97 Å².